The van der Waals surface area contributed by atoms with E-state index in [9.17, 15) is 4.79 Å². The average molecular weight is 275 g/mol. The summed E-state index contributed by atoms with van der Waals surface area (Å²) in [5.74, 6) is 0.0267. The van der Waals surface area contributed by atoms with Gasteiger partial charge in [0, 0.05) is 36.6 Å². The van der Waals surface area contributed by atoms with Crippen molar-refractivity contribution in [2.75, 3.05) is 19.3 Å². The highest BCUT2D eigenvalue weighted by molar-refractivity contribution is 7.14. The lowest BCUT2D eigenvalue weighted by molar-refractivity contribution is 0.0801. The van der Waals surface area contributed by atoms with Gasteiger partial charge in [-0.15, -0.1) is 11.3 Å². The first kappa shape index (κ1) is 13.5. The Morgan fingerprint density at radius 3 is 2.68 bits per heavy atom. The number of thiophene rings is 1. The van der Waals surface area contributed by atoms with Crippen molar-refractivity contribution in [2.45, 2.75) is 13.3 Å². The minimum Gasteiger partial charge on any atom is -0.398 e. The topological polar surface area (TPSA) is 59.2 Å². The normalized spacial score (nSPS) is 10.4. The Morgan fingerprint density at radius 1 is 1.42 bits per heavy atom. The monoisotopic (exact) mass is 275 g/mol. The van der Waals surface area contributed by atoms with E-state index >= 15 is 0 Å². The fourth-order valence-corrected chi connectivity index (χ4v) is 2.67. The lowest BCUT2D eigenvalue weighted by Crippen LogP contribution is -2.28. The van der Waals surface area contributed by atoms with Crippen molar-refractivity contribution in [1.29, 1.82) is 0 Å². The lowest BCUT2D eigenvalue weighted by atomic mass is 10.2. The van der Waals surface area contributed by atoms with Gasteiger partial charge in [-0.1, -0.05) is 0 Å². The summed E-state index contributed by atoms with van der Waals surface area (Å²) >= 11 is 1.45. The van der Waals surface area contributed by atoms with Gasteiger partial charge in [-0.05, 0) is 37.1 Å². The van der Waals surface area contributed by atoms with Crippen molar-refractivity contribution >= 4 is 22.9 Å². The number of carbonyl (C=O) groups is 1. The largest absolute Gasteiger partial charge is 0.398 e. The van der Waals surface area contributed by atoms with E-state index in [1.165, 1.54) is 16.9 Å². The lowest BCUT2D eigenvalue weighted by Gasteiger charge is -2.16. The van der Waals surface area contributed by atoms with Gasteiger partial charge in [0.2, 0.25) is 0 Å². The summed E-state index contributed by atoms with van der Waals surface area (Å²) in [5, 5.41) is 0. The van der Waals surface area contributed by atoms with E-state index < -0.39 is 0 Å². The fourth-order valence-electron chi connectivity index (χ4n) is 1.74. The molecule has 1 amide bonds. The van der Waals surface area contributed by atoms with Crippen LogP contribution >= 0.6 is 11.3 Å². The summed E-state index contributed by atoms with van der Waals surface area (Å²) in [6, 6.07) is 5.68. The highest BCUT2D eigenvalue weighted by Crippen LogP contribution is 2.24. The molecular weight excluding hydrogens is 258 g/mol. The number of rotatable bonds is 4. The van der Waals surface area contributed by atoms with Crippen LogP contribution in [-0.4, -0.2) is 29.4 Å². The predicted molar refractivity (Wildman–Crippen MR) is 78.4 cm³/mol. The summed E-state index contributed by atoms with van der Waals surface area (Å²) in [5.41, 5.74) is 7.64. The van der Waals surface area contributed by atoms with Gasteiger partial charge in [0.25, 0.3) is 5.91 Å². The molecule has 0 saturated carbocycles. The number of likely N-dealkylation sites (N-methyl/N-ethyl adjacent to an activating group) is 1. The summed E-state index contributed by atoms with van der Waals surface area (Å²) in [7, 11) is 1.81. The van der Waals surface area contributed by atoms with E-state index in [-0.39, 0.29) is 5.91 Å². The number of carbonyl (C=O) groups excluding carboxylic acids is 1. The predicted octanol–water partition coefficient (Wildman–Crippen LogP) is 2.35. The molecule has 2 aromatic rings. The molecule has 100 valence electrons. The molecule has 4 nitrogen and oxygen atoms in total. The molecule has 0 radical (unpaired) electrons. The zero-order valence-corrected chi connectivity index (χ0v) is 11.9. The van der Waals surface area contributed by atoms with Crippen molar-refractivity contribution in [1.82, 2.24) is 9.88 Å². The number of amides is 1. The molecule has 0 saturated heterocycles. The molecule has 0 aliphatic heterocycles. The number of aromatic nitrogens is 1. The van der Waals surface area contributed by atoms with Gasteiger partial charge in [-0.25, -0.2) is 0 Å². The van der Waals surface area contributed by atoms with Gasteiger partial charge in [0.15, 0.2) is 0 Å². The Hall–Kier alpha value is -1.88. The molecule has 0 spiro atoms. The van der Waals surface area contributed by atoms with Crippen LogP contribution in [0.1, 0.15) is 20.1 Å². The molecule has 2 heterocycles. The number of hydrogen-bond acceptors (Lipinski definition) is 4. The Morgan fingerprint density at radius 2 is 2.11 bits per heavy atom. The average Bonchev–Trinajstić information content (AvgIpc) is 2.76. The van der Waals surface area contributed by atoms with Crippen molar-refractivity contribution < 1.29 is 4.79 Å². The van der Waals surface area contributed by atoms with Crippen molar-refractivity contribution in [2.24, 2.45) is 0 Å². The number of aryl methyl sites for hydroxylation is 1. The third-order valence-corrected chi connectivity index (χ3v) is 4.05. The van der Waals surface area contributed by atoms with Crippen LogP contribution in [0.3, 0.4) is 0 Å². The highest BCUT2D eigenvalue weighted by Gasteiger charge is 2.15. The first-order valence-corrected chi connectivity index (χ1v) is 6.90. The summed E-state index contributed by atoms with van der Waals surface area (Å²) < 4.78 is 0. The number of nitrogens with zero attached hydrogens (tertiary/aromatic N) is 2. The first-order valence-electron chi connectivity index (χ1n) is 6.08. The number of nitrogen functional groups attached to an aromatic ring is 1. The summed E-state index contributed by atoms with van der Waals surface area (Å²) in [6.07, 6.45) is 4.35. The fraction of sp³-hybridized carbons (Fsp3) is 0.286. The third kappa shape index (κ3) is 3.32. The Balaban J connectivity index is 1.96. The van der Waals surface area contributed by atoms with Crippen LogP contribution < -0.4 is 5.73 Å². The number of nitrogens with two attached hydrogens (primary N) is 1. The zero-order valence-electron chi connectivity index (χ0n) is 11.1. The highest BCUT2D eigenvalue weighted by atomic mass is 32.1. The molecule has 2 aromatic heterocycles. The SMILES string of the molecule is Cc1sc(C(=O)N(C)CCc2ccncc2)cc1N. The van der Waals surface area contributed by atoms with Crippen LogP contribution in [0, 0.1) is 6.92 Å². The zero-order chi connectivity index (χ0) is 13.8. The van der Waals surface area contributed by atoms with E-state index in [1.54, 1.807) is 23.4 Å². The molecule has 2 rings (SSSR count). The summed E-state index contributed by atoms with van der Waals surface area (Å²) in [4.78, 5) is 19.6. The molecule has 0 atom stereocenters. The third-order valence-electron chi connectivity index (χ3n) is 3.00. The molecule has 0 fully saturated rings. The maximum atomic E-state index is 12.2. The van der Waals surface area contributed by atoms with E-state index in [0.717, 1.165) is 11.3 Å². The standard InChI is InChI=1S/C14H17N3OS/c1-10-12(15)9-13(19-10)14(18)17(2)8-5-11-3-6-16-7-4-11/h3-4,6-7,9H,5,8,15H2,1-2H3. The second kappa shape index (κ2) is 5.84. The van der Waals surface area contributed by atoms with Gasteiger partial charge < -0.3 is 10.6 Å². The van der Waals surface area contributed by atoms with E-state index in [0.29, 0.717) is 17.1 Å². The molecule has 19 heavy (non-hydrogen) atoms. The van der Waals surface area contributed by atoms with Crippen molar-refractivity contribution in [3.63, 3.8) is 0 Å². The van der Waals surface area contributed by atoms with Crippen LogP contribution in [0.2, 0.25) is 0 Å². The molecule has 5 heteroatoms. The minimum atomic E-state index is 0.0267. The van der Waals surface area contributed by atoms with E-state index in [4.69, 9.17) is 5.73 Å². The molecule has 0 aromatic carbocycles. The van der Waals surface area contributed by atoms with Crippen LogP contribution in [0.25, 0.3) is 0 Å². The maximum Gasteiger partial charge on any atom is 0.263 e. The maximum absolute atomic E-state index is 12.2. The molecular formula is C14H17N3OS. The van der Waals surface area contributed by atoms with Crippen LogP contribution in [0.5, 0.6) is 0 Å². The molecule has 0 aliphatic rings. The van der Waals surface area contributed by atoms with Gasteiger partial charge in [-0.2, -0.15) is 0 Å². The molecule has 2 N–H and O–H groups in total. The van der Waals surface area contributed by atoms with Gasteiger partial charge in [0.1, 0.15) is 0 Å². The van der Waals surface area contributed by atoms with E-state index in [1.807, 2.05) is 26.1 Å². The van der Waals surface area contributed by atoms with Gasteiger partial charge >= 0.3 is 0 Å². The molecule has 0 unspecified atom stereocenters. The van der Waals surface area contributed by atoms with Crippen molar-refractivity contribution in [3.8, 4) is 0 Å². The Bertz CT molecular complexity index is 546. The smallest absolute Gasteiger partial charge is 0.263 e. The van der Waals surface area contributed by atoms with Crippen LogP contribution in [0.4, 0.5) is 5.69 Å². The molecule has 0 bridgehead atoms. The van der Waals surface area contributed by atoms with Crippen LogP contribution in [-0.2, 0) is 6.42 Å². The second-order valence-corrected chi connectivity index (χ2v) is 5.71. The molecule has 0 aliphatic carbocycles. The van der Waals surface area contributed by atoms with Crippen molar-refractivity contribution in [3.05, 3.63) is 45.9 Å². The number of pyridine rings is 1. The Kier molecular flexibility index (Phi) is 4.16. The van der Waals surface area contributed by atoms with E-state index in [2.05, 4.69) is 4.98 Å². The van der Waals surface area contributed by atoms with Gasteiger partial charge in [-0.3, -0.25) is 9.78 Å². The number of anilines is 1. The Labute approximate surface area is 116 Å². The quantitative estimate of drug-likeness (QED) is 0.931. The second-order valence-electron chi connectivity index (χ2n) is 4.45. The summed E-state index contributed by atoms with van der Waals surface area (Å²) in [6.45, 7) is 2.60. The number of hydrogen-bond donors (Lipinski definition) is 1. The minimum absolute atomic E-state index is 0.0267. The first-order chi connectivity index (χ1) is 9.08. The van der Waals surface area contributed by atoms with Gasteiger partial charge in [0.05, 0.1) is 4.88 Å². The van der Waals surface area contributed by atoms with Crippen LogP contribution in [0.15, 0.2) is 30.6 Å².